The number of carboxylic acid groups (broad SMARTS) is 1. The first-order chi connectivity index (χ1) is 10.3. The van der Waals surface area contributed by atoms with Gasteiger partial charge in [-0.05, 0) is 25.5 Å². The lowest BCUT2D eigenvalue weighted by Gasteiger charge is -2.18. The molecule has 3 N–H and O–H groups in total. The van der Waals surface area contributed by atoms with Crippen LogP contribution in [-0.4, -0.2) is 44.2 Å². The van der Waals surface area contributed by atoms with Crippen LogP contribution in [0.2, 0.25) is 0 Å². The number of benzene rings is 1. The van der Waals surface area contributed by atoms with Crippen LogP contribution in [0.4, 0.5) is 0 Å². The smallest absolute Gasteiger partial charge is 0.303 e. The van der Waals surface area contributed by atoms with E-state index in [1.165, 1.54) is 7.05 Å². The lowest BCUT2D eigenvalue weighted by atomic mass is 10.0. The second-order valence-corrected chi connectivity index (χ2v) is 6.78. The SMILES string of the molecule is CNS(=O)(=O)CC(=O)NC(CCC(=O)O)Cc1ccccc1. The molecule has 0 saturated heterocycles. The van der Waals surface area contributed by atoms with Gasteiger partial charge in [-0.1, -0.05) is 30.3 Å². The Balaban J connectivity index is 2.69. The van der Waals surface area contributed by atoms with Gasteiger partial charge in [-0.15, -0.1) is 0 Å². The number of aliphatic carboxylic acids is 1. The van der Waals surface area contributed by atoms with Crippen LogP contribution in [0.15, 0.2) is 30.3 Å². The minimum atomic E-state index is -3.65. The van der Waals surface area contributed by atoms with E-state index in [1.54, 1.807) is 0 Å². The summed E-state index contributed by atoms with van der Waals surface area (Å²) in [5.41, 5.74) is 0.940. The number of amides is 1. The van der Waals surface area contributed by atoms with Crippen LogP contribution >= 0.6 is 0 Å². The fraction of sp³-hybridized carbons (Fsp3) is 0.429. The number of carboxylic acids is 1. The van der Waals surface area contributed by atoms with Crippen molar-refractivity contribution < 1.29 is 23.1 Å². The van der Waals surface area contributed by atoms with E-state index in [9.17, 15) is 18.0 Å². The van der Waals surface area contributed by atoms with Gasteiger partial charge in [0.15, 0.2) is 0 Å². The second-order valence-electron chi connectivity index (χ2n) is 4.85. The highest BCUT2D eigenvalue weighted by Crippen LogP contribution is 2.08. The molecule has 7 nitrogen and oxygen atoms in total. The van der Waals surface area contributed by atoms with Crippen molar-refractivity contribution in [1.82, 2.24) is 10.0 Å². The molecule has 8 heteroatoms. The van der Waals surface area contributed by atoms with Crippen molar-refractivity contribution in [3.8, 4) is 0 Å². The zero-order valence-electron chi connectivity index (χ0n) is 12.3. The summed E-state index contributed by atoms with van der Waals surface area (Å²) < 4.78 is 24.8. The summed E-state index contributed by atoms with van der Waals surface area (Å²) in [6.45, 7) is 0. The number of hydrogen-bond acceptors (Lipinski definition) is 4. The maximum atomic E-state index is 11.8. The van der Waals surface area contributed by atoms with Crippen LogP contribution in [-0.2, 0) is 26.0 Å². The molecule has 0 heterocycles. The van der Waals surface area contributed by atoms with Crippen LogP contribution in [0, 0.1) is 0 Å². The molecule has 1 aromatic rings. The maximum absolute atomic E-state index is 11.8. The summed E-state index contributed by atoms with van der Waals surface area (Å²) in [5, 5.41) is 11.4. The monoisotopic (exact) mass is 328 g/mol. The summed E-state index contributed by atoms with van der Waals surface area (Å²) >= 11 is 0. The Kier molecular flexibility index (Phi) is 7.00. The van der Waals surface area contributed by atoms with E-state index in [-0.39, 0.29) is 12.8 Å². The van der Waals surface area contributed by atoms with Gasteiger partial charge < -0.3 is 10.4 Å². The minimum absolute atomic E-state index is 0.101. The molecule has 0 aliphatic rings. The average molecular weight is 328 g/mol. The molecule has 0 radical (unpaired) electrons. The van der Waals surface area contributed by atoms with Gasteiger partial charge in [0, 0.05) is 12.5 Å². The zero-order valence-corrected chi connectivity index (χ0v) is 13.1. The molecule has 1 unspecified atom stereocenters. The molecule has 0 saturated carbocycles. The number of carbonyl (C=O) groups is 2. The molecule has 1 amide bonds. The molecule has 0 aliphatic heterocycles. The normalized spacial score (nSPS) is 12.6. The molecule has 0 fully saturated rings. The van der Waals surface area contributed by atoms with Crippen molar-refractivity contribution in [2.45, 2.75) is 25.3 Å². The number of carbonyl (C=O) groups excluding carboxylic acids is 1. The first-order valence-corrected chi connectivity index (χ1v) is 8.44. The molecular formula is C14H20N2O5S. The van der Waals surface area contributed by atoms with E-state index in [0.717, 1.165) is 5.56 Å². The van der Waals surface area contributed by atoms with E-state index in [0.29, 0.717) is 6.42 Å². The molecule has 0 spiro atoms. The van der Waals surface area contributed by atoms with Crippen molar-refractivity contribution in [1.29, 1.82) is 0 Å². The number of sulfonamides is 1. The van der Waals surface area contributed by atoms with Gasteiger partial charge in [0.2, 0.25) is 15.9 Å². The topological polar surface area (TPSA) is 113 Å². The lowest BCUT2D eigenvalue weighted by Crippen LogP contribution is -2.41. The standard InChI is InChI=1S/C14H20N2O5S/c1-15-22(20,21)10-13(17)16-12(7-8-14(18)19)9-11-5-3-2-4-6-11/h2-6,12,15H,7-10H2,1H3,(H,16,17)(H,18,19). The Morgan fingerprint density at radius 2 is 1.86 bits per heavy atom. The highest BCUT2D eigenvalue weighted by atomic mass is 32.2. The van der Waals surface area contributed by atoms with Gasteiger partial charge in [-0.25, -0.2) is 13.1 Å². The average Bonchev–Trinajstić information content (AvgIpc) is 2.45. The summed E-state index contributed by atoms with van der Waals surface area (Å²) in [4.78, 5) is 22.5. The third-order valence-electron chi connectivity index (χ3n) is 3.03. The summed E-state index contributed by atoms with van der Waals surface area (Å²) in [7, 11) is -2.42. The van der Waals surface area contributed by atoms with Gasteiger partial charge in [0.25, 0.3) is 0 Å². The molecule has 1 rings (SSSR count). The summed E-state index contributed by atoms with van der Waals surface area (Å²) in [6, 6.07) is 8.84. The van der Waals surface area contributed by atoms with Gasteiger partial charge >= 0.3 is 5.97 Å². The van der Waals surface area contributed by atoms with Gasteiger partial charge in [-0.2, -0.15) is 0 Å². The quantitative estimate of drug-likeness (QED) is 0.596. The summed E-state index contributed by atoms with van der Waals surface area (Å²) in [5.74, 6) is -2.29. The van der Waals surface area contributed by atoms with E-state index >= 15 is 0 Å². The Morgan fingerprint density at radius 1 is 1.23 bits per heavy atom. The molecule has 1 aromatic carbocycles. The van der Waals surface area contributed by atoms with E-state index < -0.39 is 33.7 Å². The lowest BCUT2D eigenvalue weighted by molar-refractivity contribution is -0.137. The highest BCUT2D eigenvalue weighted by molar-refractivity contribution is 7.90. The van der Waals surface area contributed by atoms with Crippen molar-refractivity contribution in [3.63, 3.8) is 0 Å². The van der Waals surface area contributed by atoms with E-state index in [1.807, 2.05) is 30.3 Å². The second kappa shape index (κ2) is 8.50. The Morgan fingerprint density at radius 3 is 2.41 bits per heavy atom. The molecule has 122 valence electrons. The Labute approximate surface area is 129 Å². The predicted molar refractivity (Wildman–Crippen MR) is 81.8 cm³/mol. The minimum Gasteiger partial charge on any atom is -0.481 e. The largest absolute Gasteiger partial charge is 0.481 e. The van der Waals surface area contributed by atoms with Crippen molar-refractivity contribution in [2.24, 2.45) is 0 Å². The molecule has 0 aliphatic carbocycles. The van der Waals surface area contributed by atoms with Crippen LogP contribution < -0.4 is 10.0 Å². The van der Waals surface area contributed by atoms with Crippen LogP contribution in [0.5, 0.6) is 0 Å². The van der Waals surface area contributed by atoms with Crippen molar-refractivity contribution >= 4 is 21.9 Å². The van der Waals surface area contributed by atoms with E-state index in [4.69, 9.17) is 5.11 Å². The first-order valence-electron chi connectivity index (χ1n) is 6.78. The van der Waals surface area contributed by atoms with Crippen molar-refractivity contribution in [2.75, 3.05) is 12.8 Å². The van der Waals surface area contributed by atoms with Crippen LogP contribution in [0.1, 0.15) is 18.4 Å². The number of nitrogens with one attached hydrogen (secondary N) is 2. The zero-order chi connectivity index (χ0) is 16.6. The fourth-order valence-electron chi connectivity index (χ4n) is 1.94. The van der Waals surface area contributed by atoms with Crippen molar-refractivity contribution in [3.05, 3.63) is 35.9 Å². The Hall–Kier alpha value is -1.93. The van der Waals surface area contributed by atoms with Crippen LogP contribution in [0.25, 0.3) is 0 Å². The van der Waals surface area contributed by atoms with Gasteiger partial charge in [-0.3, -0.25) is 9.59 Å². The number of hydrogen-bond donors (Lipinski definition) is 3. The molecule has 1 atom stereocenters. The maximum Gasteiger partial charge on any atom is 0.303 e. The van der Waals surface area contributed by atoms with E-state index in [2.05, 4.69) is 10.0 Å². The molecule has 22 heavy (non-hydrogen) atoms. The molecule has 0 bridgehead atoms. The third-order valence-corrected chi connectivity index (χ3v) is 4.29. The molecular weight excluding hydrogens is 308 g/mol. The summed E-state index contributed by atoms with van der Waals surface area (Å²) in [6.07, 6.45) is 0.575. The predicted octanol–water partition coefficient (Wildman–Crippen LogP) is 0.128. The van der Waals surface area contributed by atoms with Gasteiger partial charge in [0.05, 0.1) is 0 Å². The highest BCUT2D eigenvalue weighted by Gasteiger charge is 2.19. The fourth-order valence-corrected chi connectivity index (χ4v) is 2.51. The van der Waals surface area contributed by atoms with Crippen LogP contribution in [0.3, 0.4) is 0 Å². The number of rotatable bonds is 9. The Bertz CT molecular complexity index is 601. The first kappa shape index (κ1) is 18.1. The third kappa shape index (κ3) is 7.19. The molecule has 0 aromatic heterocycles. The van der Waals surface area contributed by atoms with Gasteiger partial charge in [0.1, 0.15) is 5.75 Å².